The van der Waals surface area contributed by atoms with Crippen LogP contribution in [0.25, 0.3) is 0 Å². The first-order valence-corrected chi connectivity index (χ1v) is 5.21. The van der Waals surface area contributed by atoms with Gasteiger partial charge in [-0.05, 0) is 5.57 Å². The van der Waals surface area contributed by atoms with E-state index in [2.05, 4.69) is 9.97 Å². The molecule has 0 spiro atoms. The Kier molecular flexibility index (Phi) is 2.99. The Morgan fingerprint density at radius 1 is 1.69 bits per heavy atom. The van der Waals surface area contributed by atoms with Crippen molar-refractivity contribution >= 4 is 5.78 Å². The van der Waals surface area contributed by atoms with E-state index in [0.717, 1.165) is 11.4 Å². The van der Waals surface area contributed by atoms with Crippen molar-refractivity contribution in [1.29, 1.82) is 0 Å². The standard InChI is InChI=1S/C12H13FN2O/c1-8(16)11-7-14-12(15-11)6-9-2-4-10(13)5-3-9/h2-4,7,10H,5-6H2,1H3,(H,14,15). The number of halogens is 1. The van der Waals surface area contributed by atoms with E-state index in [0.29, 0.717) is 18.5 Å². The number of hydrogen-bond acceptors (Lipinski definition) is 2. The molecule has 0 fully saturated rings. The van der Waals surface area contributed by atoms with Gasteiger partial charge >= 0.3 is 0 Å². The molecule has 2 rings (SSSR count). The fourth-order valence-corrected chi connectivity index (χ4v) is 1.59. The lowest BCUT2D eigenvalue weighted by Gasteiger charge is -2.07. The zero-order valence-corrected chi connectivity index (χ0v) is 9.03. The predicted molar refractivity (Wildman–Crippen MR) is 59.0 cm³/mol. The molecular weight excluding hydrogens is 207 g/mol. The van der Waals surface area contributed by atoms with E-state index < -0.39 is 6.17 Å². The zero-order chi connectivity index (χ0) is 11.5. The molecule has 1 aromatic heterocycles. The second kappa shape index (κ2) is 4.43. The number of hydrogen-bond donors (Lipinski definition) is 1. The van der Waals surface area contributed by atoms with Crippen molar-refractivity contribution in [2.45, 2.75) is 25.9 Å². The predicted octanol–water partition coefficient (Wildman–Crippen LogP) is 2.38. The van der Waals surface area contributed by atoms with Crippen LogP contribution in [0.15, 0.2) is 30.0 Å². The third-order valence-electron chi connectivity index (χ3n) is 2.50. The molecule has 84 valence electrons. The number of alkyl halides is 1. The van der Waals surface area contributed by atoms with Crippen LogP contribution in [0, 0.1) is 0 Å². The Morgan fingerprint density at radius 2 is 2.50 bits per heavy atom. The number of allylic oxidation sites excluding steroid dienone is 4. The van der Waals surface area contributed by atoms with Crippen LogP contribution < -0.4 is 0 Å². The minimum absolute atomic E-state index is 0.0317. The molecular formula is C12H13FN2O. The van der Waals surface area contributed by atoms with Crippen molar-refractivity contribution in [1.82, 2.24) is 9.97 Å². The summed E-state index contributed by atoms with van der Waals surface area (Å²) in [4.78, 5) is 18.1. The quantitative estimate of drug-likeness (QED) is 0.795. The zero-order valence-electron chi connectivity index (χ0n) is 9.03. The van der Waals surface area contributed by atoms with E-state index in [9.17, 15) is 9.18 Å². The van der Waals surface area contributed by atoms with Gasteiger partial charge in [0.25, 0.3) is 0 Å². The molecule has 1 aliphatic rings. The van der Waals surface area contributed by atoms with Gasteiger partial charge in [-0.25, -0.2) is 9.37 Å². The highest BCUT2D eigenvalue weighted by atomic mass is 19.1. The number of ketones is 1. The van der Waals surface area contributed by atoms with Crippen molar-refractivity contribution in [3.63, 3.8) is 0 Å². The van der Waals surface area contributed by atoms with Crippen LogP contribution in [0.1, 0.15) is 29.7 Å². The summed E-state index contributed by atoms with van der Waals surface area (Å²) in [6.07, 6.45) is 6.87. The number of Topliss-reactive ketones (excluding diaryl/α,β-unsaturated/α-hetero) is 1. The minimum Gasteiger partial charge on any atom is -0.339 e. The fraction of sp³-hybridized carbons (Fsp3) is 0.333. The van der Waals surface area contributed by atoms with Gasteiger partial charge in [-0.2, -0.15) is 0 Å². The third-order valence-corrected chi connectivity index (χ3v) is 2.50. The highest BCUT2D eigenvalue weighted by Crippen LogP contribution is 2.16. The molecule has 0 radical (unpaired) electrons. The van der Waals surface area contributed by atoms with E-state index in [1.807, 2.05) is 6.08 Å². The SMILES string of the molecule is CC(=O)c1cnc(CC2=CCC(F)C=C2)[nH]1. The molecule has 1 unspecified atom stereocenters. The van der Waals surface area contributed by atoms with Crippen LogP contribution in [0.5, 0.6) is 0 Å². The number of imidazole rings is 1. The number of H-pyrrole nitrogens is 1. The minimum atomic E-state index is -0.867. The molecule has 1 aliphatic carbocycles. The van der Waals surface area contributed by atoms with Crippen molar-refractivity contribution in [2.75, 3.05) is 0 Å². The lowest BCUT2D eigenvalue weighted by Crippen LogP contribution is -2.01. The summed E-state index contributed by atoms with van der Waals surface area (Å²) < 4.78 is 12.8. The summed E-state index contributed by atoms with van der Waals surface area (Å²) in [6, 6.07) is 0. The average molecular weight is 220 g/mol. The first-order chi connectivity index (χ1) is 7.65. The Balaban J connectivity index is 2.04. The van der Waals surface area contributed by atoms with E-state index in [-0.39, 0.29) is 5.78 Å². The summed E-state index contributed by atoms with van der Waals surface area (Å²) in [7, 11) is 0. The Hall–Kier alpha value is -1.71. The first-order valence-electron chi connectivity index (χ1n) is 5.21. The van der Waals surface area contributed by atoms with Gasteiger partial charge in [-0.15, -0.1) is 0 Å². The molecule has 0 bridgehead atoms. The second-order valence-corrected chi connectivity index (χ2v) is 3.87. The van der Waals surface area contributed by atoms with Crippen molar-refractivity contribution in [3.8, 4) is 0 Å². The number of aromatic nitrogens is 2. The van der Waals surface area contributed by atoms with E-state index >= 15 is 0 Å². The number of carbonyl (C=O) groups excluding carboxylic acids is 1. The van der Waals surface area contributed by atoms with Gasteiger partial charge in [0.15, 0.2) is 5.78 Å². The van der Waals surface area contributed by atoms with Gasteiger partial charge in [0.1, 0.15) is 17.7 Å². The Morgan fingerprint density at radius 3 is 3.06 bits per heavy atom. The van der Waals surface area contributed by atoms with E-state index in [1.165, 1.54) is 13.1 Å². The van der Waals surface area contributed by atoms with E-state index in [1.54, 1.807) is 12.2 Å². The molecule has 0 aliphatic heterocycles. The van der Waals surface area contributed by atoms with Gasteiger partial charge in [0.2, 0.25) is 0 Å². The molecule has 1 atom stereocenters. The lowest BCUT2D eigenvalue weighted by atomic mass is 10.0. The Bertz CT molecular complexity index is 459. The number of aromatic amines is 1. The highest BCUT2D eigenvalue weighted by molar-refractivity contribution is 5.91. The molecule has 1 N–H and O–H groups in total. The molecule has 0 saturated carbocycles. The molecule has 3 nitrogen and oxygen atoms in total. The maximum absolute atomic E-state index is 12.8. The number of nitrogens with one attached hydrogen (secondary N) is 1. The summed E-state index contributed by atoms with van der Waals surface area (Å²) in [5.74, 6) is 0.703. The van der Waals surface area contributed by atoms with Crippen molar-refractivity contribution in [3.05, 3.63) is 41.5 Å². The maximum Gasteiger partial charge on any atom is 0.177 e. The molecule has 4 heteroatoms. The highest BCUT2D eigenvalue weighted by Gasteiger charge is 2.09. The summed E-state index contributed by atoms with van der Waals surface area (Å²) in [6.45, 7) is 1.49. The topological polar surface area (TPSA) is 45.8 Å². The van der Waals surface area contributed by atoms with Crippen LogP contribution in [-0.4, -0.2) is 21.9 Å². The molecule has 1 aromatic rings. The van der Waals surface area contributed by atoms with Gasteiger partial charge < -0.3 is 4.98 Å². The molecule has 0 aromatic carbocycles. The lowest BCUT2D eigenvalue weighted by molar-refractivity contribution is 0.101. The van der Waals surface area contributed by atoms with Crippen LogP contribution in [-0.2, 0) is 6.42 Å². The molecule has 0 amide bonds. The largest absolute Gasteiger partial charge is 0.339 e. The molecule has 0 saturated heterocycles. The number of rotatable bonds is 3. The monoisotopic (exact) mass is 220 g/mol. The molecule has 16 heavy (non-hydrogen) atoms. The van der Waals surface area contributed by atoms with Crippen molar-refractivity contribution in [2.24, 2.45) is 0 Å². The van der Waals surface area contributed by atoms with Gasteiger partial charge in [0, 0.05) is 19.8 Å². The van der Waals surface area contributed by atoms with Crippen LogP contribution in [0.4, 0.5) is 4.39 Å². The van der Waals surface area contributed by atoms with Gasteiger partial charge in [0.05, 0.1) is 6.20 Å². The summed E-state index contributed by atoms with van der Waals surface area (Å²) in [5.41, 5.74) is 1.54. The van der Waals surface area contributed by atoms with Gasteiger partial charge in [-0.3, -0.25) is 4.79 Å². The Labute approximate surface area is 93.1 Å². The average Bonchev–Trinajstić information content (AvgIpc) is 2.70. The maximum atomic E-state index is 12.8. The van der Waals surface area contributed by atoms with Crippen LogP contribution >= 0.6 is 0 Å². The van der Waals surface area contributed by atoms with Crippen molar-refractivity contribution < 1.29 is 9.18 Å². The summed E-state index contributed by atoms with van der Waals surface area (Å²) in [5, 5.41) is 0. The molecule has 1 heterocycles. The number of nitrogens with zero attached hydrogens (tertiary/aromatic N) is 1. The second-order valence-electron chi connectivity index (χ2n) is 3.87. The van der Waals surface area contributed by atoms with E-state index in [4.69, 9.17) is 0 Å². The van der Waals surface area contributed by atoms with Gasteiger partial charge in [-0.1, -0.05) is 18.2 Å². The van der Waals surface area contributed by atoms with Crippen LogP contribution in [0.3, 0.4) is 0 Å². The van der Waals surface area contributed by atoms with Crippen LogP contribution in [0.2, 0.25) is 0 Å². The summed E-state index contributed by atoms with van der Waals surface area (Å²) >= 11 is 0. The fourth-order valence-electron chi connectivity index (χ4n) is 1.59. The normalized spacial score (nSPS) is 19.6. The smallest absolute Gasteiger partial charge is 0.177 e. The third kappa shape index (κ3) is 2.45. The number of carbonyl (C=O) groups is 1. The first kappa shape index (κ1) is 10.8.